The van der Waals surface area contributed by atoms with Crippen LogP contribution in [0.25, 0.3) is 0 Å². The molecule has 0 saturated carbocycles. The van der Waals surface area contributed by atoms with Crippen LogP contribution < -0.4 is 9.47 Å². The number of aliphatic hydroxyl groups is 2. The fourth-order valence-corrected chi connectivity index (χ4v) is 3.60. The van der Waals surface area contributed by atoms with Gasteiger partial charge in [-0.05, 0) is 49.2 Å². The monoisotopic (exact) mass is 388 g/mol. The number of ketones is 1. The lowest BCUT2D eigenvalue weighted by Crippen LogP contribution is -2.33. The summed E-state index contributed by atoms with van der Waals surface area (Å²) < 4.78 is 25.6. The second kappa shape index (κ2) is 7.89. The van der Waals surface area contributed by atoms with Crippen LogP contribution in [0.1, 0.15) is 59.1 Å². The summed E-state index contributed by atoms with van der Waals surface area (Å²) >= 11 is 0. The van der Waals surface area contributed by atoms with E-state index < -0.39 is 11.8 Å². The molecule has 0 saturated heterocycles. The Labute approximate surface area is 163 Å². The summed E-state index contributed by atoms with van der Waals surface area (Å²) in [6.45, 7) is 3.13. The highest BCUT2D eigenvalue weighted by atomic mass is 19.1. The first-order valence-electron chi connectivity index (χ1n) is 9.18. The first kappa shape index (κ1) is 20.3. The summed E-state index contributed by atoms with van der Waals surface area (Å²) in [6.07, 6.45) is -0.884. The Morgan fingerprint density at radius 3 is 2.64 bits per heavy atom. The Kier molecular flexibility index (Phi) is 5.72. The van der Waals surface area contributed by atoms with Crippen molar-refractivity contribution in [1.29, 1.82) is 0 Å². The van der Waals surface area contributed by atoms with E-state index in [-0.39, 0.29) is 31.8 Å². The third-order valence-electron chi connectivity index (χ3n) is 5.00. The van der Waals surface area contributed by atoms with E-state index in [1.165, 1.54) is 7.11 Å². The molecule has 0 spiro atoms. The number of halogens is 1. The van der Waals surface area contributed by atoms with Crippen molar-refractivity contribution in [1.82, 2.24) is 0 Å². The SMILES string of the molecule is COc1cc(CC(=O)c2ccc3c(c2)C(F)CC(C)(C)O3)cc(CO)c1CO. The number of benzene rings is 2. The number of methoxy groups -OCH3 is 1. The van der Waals surface area contributed by atoms with Crippen molar-refractivity contribution in [3.8, 4) is 11.5 Å². The van der Waals surface area contributed by atoms with Crippen molar-refractivity contribution < 1.29 is 28.9 Å². The zero-order valence-electron chi connectivity index (χ0n) is 16.3. The van der Waals surface area contributed by atoms with Crippen LogP contribution in [0.5, 0.6) is 11.5 Å². The van der Waals surface area contributed by atoms with Gasteiger partial charge >= 0.3 is 0 Å². The number of hydrogen-bond donors (Lipinski definition) is 2. The van der Waals surface area contributed by atoms with Crippen LogP contribution in [0.3, 0.4) is 0 Å². The Morgan fingerprint density at radius 2 is 2.00 bits per heavy atom. The summed E-state index contributed by atoms with van der Waals surface area (Å²) in [7, 11) is 1.47. The number of carbonyl (C=O) groups is 1. The molecular formula is C22H25FO5. The standard InChI is InChI=1S/C22H25FO5/c1-22(2)10-18(23)16-9-14(4-5-20(16)28-22)19(26)7-13-6-15(11-24)17(12-25)21(8-13)27-3/h4-6,8-9,18,24-25H,7,10-12H2,1-3H3. The predicted molar refractivity (Wildman–Crippen MR) is 102 cm³/mol. The maximum atomic E-state index is 14.6. The van der Waals surface area contributed by atoms with E-state index in [9.17, 15) is 19.4 Å². The molecule has 1 heterocycles. The molecule has 1 aliphatic rings. The van der Waals surface area contributed by atoms with E-state index in [4.69, 9.17) is 9.47 Å². The lowest BCUT2D eigenvalue weighted by Gasteiger charge is -2.34. The van der Waals surface area contributed by atoms with Crippen LogP contribution >= 0.6 is 0 Å². The van der Waals surface area contributed by atoms with Gasteiger partial charge in [-0.3, -0.25) is 4.79 Å². The van der Waals surface area contributed by atoms with Gasteiger partial charge in [0.2, 0.25) is 0 Å². The minimum atomic E-state index is -1.18. The molecule has 0 aliphatic carbocycles. The molecule has 1 atom stereocenters. The van der Waals surface area contributed by atoms with E-state index in [0.717, 1.165) is 0 Å². The molecular weight excluding hydrogens is 363 g/mol. The molecule has 5 nitrogen and oxygen atoms in total. The van der Waals surface area contributed by atoms with Gasteiger partial charge in [0.15, 0.2) is 5.78 Å². The average Bonchev–Trinajstić information content (AvgIpc) is 2.65. The van der Waals surface area contributed by atoms with Crippen molar-refractivity contribution in [2.75, 3.05) is 7.11 Å². The van der Waals surface area contributed by atoms with Gasteiger partial charge in [0.25, 0.3) is 0 Å². The number of carbonyl (C=O) groups excluding carboxylic acids is 1. The van der Waals surface area contributed by atoms with Crippen LogP contribution in [-0.4, -0.2) is 28.7 Å². The molecule has 2 N–H and O–H groups in total. The molecule has 0 aromatic heterocycles. The second-order valence-electron chi connectivity index (χ2n) is 7.64. The van der Waals surface area contributed by atoms with Crippen LogP contribution in [0.2, 0.25) is 0 Å². The largest absolute Gasteiger partial charge is 0.496 e. The zero-order chi connectivity index (χ0) is 20.5. The highest BCUT2D eigenvalue weighted by molar-refractivity contribution is 5.98. The highest BCUT2D eigenvalue weighted by Gasteiger charge is 2.34. The molecule has 2 aromatic carbocycles. The molecule has 0 fully saturated rings. The Balaban J connectivity index is 1.87. The molecule has 28 heavy (non-hydrogen) atoms. The summed E-state index contributed by atoms with van der Waals surface area (Å²) in [5, 5.41) is 19.0. The van der Waals surface area contributed by atoms with Gasteiger partial charge < -0.3 is 19.7 Å². The maximum absolute atomic E-state index is 14.6. The second-order valence-corrected chi connectivity index (χ2v) is 7.64. The average molecular weight is 388 g/mol. The van der Waals surface area contributed by atoms with Crippen LogP contribution in [0.15, 0.2) is 30.3 Å². The Hall–Kier alpha value is -2.44. The van der Waals surface area contributed by atoms with Gasteiger partial charge in [0.05, 0.1) is 20.3 Å². The third kappa shape index (κ3) is 4.03. The number of rotatable bonds is 6. The first-order chi connectivity index (χ1) is 13.3. The van der Waals surface area contributed by atoms with Gasteiger partial charge in [-0.15, -0.1) is 0 Å². The van der Waals surface area contributed by atoms with Crippen LogP contribution in [0.4, 0.5) is 4.39 Å². The summed E-state index contributed by atoms with van der Waals surface area (Å²) in [5.74, 6) is 0.709. The fraction of sp³-hybridized carbons (Fsp3) is 0.409. The summed E-state index contributed by atoms with van der Waals surface area (Å²) in [5.41, 5.74) is 1.87. The van der Waals surface area contributed by atoms with Gasteiger partial charge in [0, 0.05) is 29.5 Å². The summed E-state index contributed by atoms with van der Waals surface area (Å²) in [4.78, 5) is 12.8. The van der Waals surface area contributed by atoms with Gasteiger partial charge in [0.1, 0.15) is 23.3 Å². The van der Waals surface area contributed by atoms with Gasteiger partial charge in [-0.1, -0.05) is 6.07 Å². The number of fused-ring (bicyclic) bond motifs is 1. The summed E-state index contributed by atoms with van der Waals surface area (Å²) in [6, 6.07) is 8.19. The fourth-order valence-electron chi connectivity index (χ4n) is 3.60. The van der Waals surface area contributed by atoms with E-state index in [1.807, 2.05) is 13.8 Å². The smallest absolute Gasteiger partial charge is 0.167 e. The number of Topliss-reactive ketones (excluding diaryl/α,β-unsaturated/α-hetero) is 1. The molecule has 6 heteroatoms. The number of alkyl halides is 1. The molecule has 0 amide bonds. The van der Waals surface area contributed by atoms with Crippen molar-refractivity contribution >= 4 is 5.78 Å². The Bertz CT molecular complexity index is 865. The first-order valence-corrected chi connectivity index (χ1v) is 9.18. The molecule has 0 radical (unpaired) electrons. The minimum absolute atomic E-state index is 0.0666. The minimum Gasteiger partial charge on any atom is -0.496 e. The van der Waals surface area contributed by atoms with E-state index in [2.05, 4.69) is 0 Å². The molecule has 3 rings (SSSR count). The third-order valence-corrected chi connectivity index (χ3v) is 5.00. The van der Waals surface area contributed by atoms with E-state index in [1.54, 1.807) is 30.3 Å². The van der Waals surface area contributed by atoms with Crippen molar-refractivity contribution in [3.63, 3.8) is 0 Å². The number of ether oxygens (including phenoxy) is 2. The number of hydrogen-bond acceptors (Lipinski definition) is 5. The quantitative estimate of drug-likeness (QED) is 0.739. The highest BCUT2D eigenvalue weighted by Crippen LogP contribution is 2.42. The molecule has 150 valence electrons. The Morgan fingerprint density at radius 1 is 1.25 bits per heavy atom. The molecule has 1 aliphatic heterocycles. The van der Waals surface area contributed by atoms with Crippen molar-refractivity contribution in [2.24, 2.45) is 0 Å². The molecule has 0 bridgehead atoms. The van der Waals surface area contributed by atoms with Crippen molar-refractivity contribution in [2.45, 2.75) is 51.7 Å². The van der Waals surface area contributed by atoms with Gasteiger partial charge in [-0.25, -0.2) is 4.39 Å². The lowest BCUT2D eigenvalue weighted by molar-refractivity contribution is 0.0443. The van der Waals surface area contributed by atoms with E-state index >= 15 is 0 Å². The van der Waals surface area contributed by atoms with Crippen LogP contribution in [0, 0.1) is 0 Å². The normalized spacial score (nSPS) is 17.6. The van der Waals surface area contributed by atoms with Crippen molar-refractivity contribution in [3.05, 3.63) is 58.1 Å². The molecule has 2 aromatic rings. The molecule has 1 unspecified atom stereocenters. The lowest BCUT2D eigenvalue weighted by atomic mass is 9.90. The van der Waals surface area contributed by atoms with E-state index in [0.29, 0.717) is 39.3 Å². The predicted octanol–water partition coefficient (Wildman–Crippen LogP) is 3.68. The maximum Gasteiger partial charge on any atom is 0.167 e. The van der Waals surface area contributed by atoms with Gasteiger partial charge in [-0.2, -0.15) is 0 Å². The number of aliphatic hydroxyl groups excluding tert-OH is 2. The van der Waals surface area contributed by atoms with Crippen LogP contribution in [-0.2, 0) is 19.6 Å². The zero-order valence-corrected chi connectivity index (χ0v) is 16.3. The topological polar surface area (TPSA) is 76.0 Å².